The normalized spacial score (nSPS) is 11.4. The molecule has 0 radical (unpaired) electrons. The monoisotopic (exact) mass is 661 g/mol. The Labute approximate surface area is 264 Å². The fourth-order valence-electron chi connectivity index (χ4n) is 4.24. The zero-order chi connectivity index (χ0) is 34.3. The molecule has 2 amide bonds. The lowest BCUT2D eigenvalue weighted by molar-refractivity contribution is 0.100. The van der Waals surface area contributed by atoms with Crippen LogP contribution in [0, 0.1) is 0 Å². The number of primary sulfonamides is 1. The zero-order valence-electron chi connectivity index (χ0n) is 26.4. The van der Waals surface area contributed by atoms with Crippen LogP contribution in [0.15, 0.2) is 64.4 Å². The zero-order valence-corrected chi connectivity index (χ0v) is 28.1. The van der Waals surface area contributed by atoms with Crippen molar-refractivity contribution in [3.05, 3.63) is 76.9 Å². The van der Waals surface area contributed by atoms with Crippen LogP contribution >= 0.6 is 0 Å². The molecule has 0 atom stereocenters. The largest absolute Gasteiger partial charge is 0.495 e. The SMILES string of the molecule is COc1ccc(C(C)=O)cc1S(=O)(=O)NC(=O)Nc1c(C(C)C)cccc1C(C)C.COc1ccc(C(C)=O)cc1S(N)(=O)=O. The van der Waals surface area contributed by atoms with Crippen LogP contribution in [0.2, 0.25) is 0 Å². The number of ether oxygens (including phenoxy) is 2. The second-order valence-corrected chi connectivity index (χ2v) is 13.7. The number of para-hydroxylation sites is 1. The summed E-state index contributed by atoms with van der Waals surface area (Å²) < 4.78 is 60.0. The number of benzene rings is 3. The Morgan fingerprint density at radius 3 is 1.51 bits per heavy atom. The molecule has 3 rings (SSSR count). The van der Waals surface area contributed by atoms with Gasteiger partial charge in [-0.1, -0.05) is 45.9 Å². The standard InChI is InChI=1S/C22H28N2O5S.C9H11NO4S/c1-13(2)17-8-7-9-18(14(3)4)21(17)23-22(26)24-30(27,28)20-12-16(15(5)25)10-11-19(20)29-6;1-6(11)7-3-4-8(14-2)9(5-7)15(10,12)13/h7-14H,1-6H3,(H2,23,24,26);3-5H,1-2H3,(H2,10,12,13). The predicted octanol–water partition coefficient (Wildman–Crippen LogP) is 5.20. The lowest BCUT2D eigenvalue weighted by atomic mass is 9.93. The first kappa shape index (κ1) is 36.9. The van der Waals surface area contributed by atoms with Crippen molar-refractivity contribution < 1.29 is 40.7 Å². The molecular weight excluding hydrogens is 622 g/mol. The van der Waals surface area contributed by atoms with E-state index < -0.39 is 26.1 Å². The van der Waals surface area contributed by atoms with E-state index in [0.29, 0.717) is 5.69 Å². The summed E-state index contributed by atoms with van der Waals surface area (Å²) in [5, 5.41) is 7.69. The Balaban J connectivity index is 0.000000394. The van der Waals surface area contributed by atoms with Crippen molar-refractivity contribution in [3.8, 4) is 11.5 Å². The second kappa shape index (κ2) is 15.1. The summed E-state index contributed by atoms with van der Waals surface area (Å²) >= 11 is 0. The molecule has 0 spiro atoms. The highest BCUT2D eigenvalue weighted by Crippen LogP contribution is 2.32. The highest BCUT2D eigenvalue weighted by Gasteiger charge is 2.25. The average Bonchev–Trinajstić information content (AvgIpc) is 2.95. The molecule has 0 heterocycles. The van der Waals surface area contributed by atoms with Crippen LogP contribution < -0.4 is 24.7 Å². The number of sulfonamides is 2. The van der Waals surface area contributed by atoms with E-state index in [4.69, 9.17) is 14.6 Å². The Bertz CT molecular complexity index is 1770. The number of amides is 2. The lowest BCUT2D eigenvalue weighted by Gasteiger charge is -2.20. The average molecular weight is 662 g/mol. The van der Waals surface area contributed by atoms with E-state index in [2.05, 4.69) is 5.32 Å². The first-order chi connectivity index (χ1) is 20.8. The highest BCUT2D eigenvalue weighted by atomic mass is 32.2. The van der Waals surface area contributed by atoms with E-state index in [1.807, 2.05) is 50.6 Å². The summed E-state index contributed by atoms with van der Waals surface area (Å²) in [6.45, 7) is 10.7. The number of carbonyl (C=O) groups is 3. The van der Waals surface area contributed by atoms with Crippen molar-refractivity contribution in [2.45, 2.75) is 63.2 Å². The number of ketones is 2. The number of nitrogens with one attached hydrogen (secondary N) is 2. The first-order valence-electron chi connectivity index (χ1n) is 13.7. The molecule has 0 aliphatic carbocycles. The van der Waals surface area contributed by atoms with Gasteiger partial charge in [-0.05, 0) is 73.2 Å². The number of nitrogens with two attached hydrogens (primary N) is 1. The molecule has 14 heteroatoms. The third-order valence-corrected chi connectivity index (χ3v) is 8.86. The molecule has 3 aromatic rings. The maximum atomic E-state index is 12.9. The van der Waals surface area contributed by atoms with Gasteiger partial charge in [0.1, 0.15) is 21.3 Å². The van der Waals surface area contributed by atoms with Crippen molar-refractivity contribution >= 4 is 43.3 Å². The number of rotatable bonds is 10. The topological polar surface area (TPSA) is 188 Å². The molecule has 45 heavy (non-hydrogen) atoms. The van der Waals surface area contributed by atoms with Crippen LogP contribution in [-0.2, 0) is 20.0 Å². The number of hydrogen-bond acceptors (Lipinski definition) is 9. The van der Waals surface area contributed by atoms with Gasteiger partial charge >= 0.3 is 6.03 Å². The number of urea groups is 1. The van der Waals surface area contributed by atoms with Crippen LogP contribution in [-0.4, -0.2) is 48.7 Å². The molecule has 0 aromatic heterocycles. The summed E-state index contributed by atoms with van der Waals surface area (Å²) in [6.07, 6.45) is 0. The van der Waals surface area contributed by atoms with E-state index in [-0.39, 0.29) is 55.8 Å². The van der Waals surface area contributed by atoms with E-state index >= 15 is 0 Å². The molecule has 0 aliphatic rings. The maximum absolute atomic E-state index is 12.9. The fourth-order valence-corrected chi connectivity index (χ4v) is 6.06. The molecule has 0 saturated heterocycles. The minimum atomic E-state index is -4.28. The Morgan fingerprint density at radius 2 is 1.13 bits per heavy atom. The van der Waals surface area contributed by atoms with E-state index in [1.54, 1.807) is 0 Å². The summed E-state index contributed by atoms with van der Waals surface area (Å²) in [5.74, 6) is -0.118. The van der Waals surface area contributed by atoms with Crippen LogP contribution in [0.4, 0.5) is 10.5 Å². The molecule has 4 N–H and O–H groups in total. The predicted molar refractivity (Wildman–Crippen MR) is 171 cm³/mol. The quantitative estimate of drug-likeness (QED) is 0.245. The molecule has 0 unspecified atom stereocenters. The molecule has 0 bridgehead atoms. The van der Waals surface area contributed by atoms with Gasteiger partial charge in [0.15, 0.2) is 11.6 Å². The molecule has 3 aromatic carbocycles. The number of methoxy groups -OCH3 is 2. The van der Waals surface area contributed by atoms with Crippen LogP contribution in [0.3, 0.4) is 0 Å². The van der Waals surface area contributed by atoms with E-state index in [1.165, 1.54) is 64.5 Å². The number of Topliss-reactive ketones (excluding diaryl/α,β-unsaturated/α-hetero) is 2. The number of anilines is 1. The van der Waals surface area contributed by atoms with Gasteiger partial charge in [-0.25, -0.2) is 31.5 Å². The number of carbonyl (C=O) groups excluding carboxylic acids is 3. The number of hydrogen-bond donors (Lipinski definition) is 3. The van der Waals surface area contributed by atoms with Gasteiger partial charge in [-0.3, -0.25) is 9.59 Å². The smallest absolute Gasteiger partial charge is 0.333 e. The summed E-state index contributed by atoms with van der Waals surface area (Å²) in [7, 11) is -5.52. The molecule has 12 nitrogen and oxygen atoms in total. The Morgan fingerprint density at radius 1 is 0.711 bits per heavy atom. The van der Waals surface area contributed by atoms with Crippen LogP contribution in [0.1, 0.15) is 85.2 Å². The van der Waals surface area contributed by atoms with Crippen molar-refractivity contribution in [3.63, 3.8) is 0 Å². The summed E-state index contributed by atoms with van der Waals surface area (Å²) in [4.78, 5) is 34.9. The van der Waals surface area contributed by atoms with Crippen molar-refractivity contribution in [2.75, 3.05) is 19.5 Å². The molecule has 244 valence electrons. The third kappa shape index (κ3) is 9.61. The Kier molecular flexibility index (Phi) is 12.4. The molecule has 0 fully saturated rings. The minimum Gasteiger partial charge on any atom is -0.495 e. The molecule has 0 saturated carbocycles. The third-order valence-electron chi connectivity index (χ3n) is 6.57. The van der Waals surface area contributed by atoms with Crippen molar-refractivity contribution in [2.24, 2.45) is 5.14 Å². The van der Waals surface area contributed by atoms with Crippen LogP contribution in [0.5, 0.6) is 11.5 Å². The summed E-state index contributed by atoms with van der Waals surface area (Å²) in [6, 6.07) is 13.0. The van der Waals surface area contributed by atoms with Crippen molar-refractivity contribution in [1.82, 2.24) is 4.72 Å². The van der Waals surface area contributed by atoms with Gasteiger partial charge in [0.05, 0.1) is 14.2 Å². The maximum Gasteiger partial charge on any atom is 0.333 e. The minimum absolute atomic E-state index is 0.0331. The van der Waals surface area contributed by atoms with Crippen molar-refractivity contribution in [1.29, 1.82) is 0 Å². The van der Waals surface area contributed by atoms with E-state index in [0.717, 1.165) is 11.1 Å². The molecular formula is C31H39N3O9S2. The van der Waals surface area contributed by atoms with Gasteiger partial charge in [-0.15, -0.1) is 0 Å². The Hall–Kier alpha value is -4.27. The van der Waals surface area contributed by atoms with Gasteiger partial charge in [0.2, 0.25) is 10.0 Å². The van der Waals surface area contributed by atoms with E-state index in [9.17, 15) is 31.2 Å². The summed E-state index contributed by atoms with van der Waals surface area (Å²) in [5.41, 5.74) is 2.89. The van der Waals surface area contributed by atoms with Gasteiger partial charge < -0.3 is 14.8 Å². The fraction of sp³-hybridized carbons (Fsp3) is 0.323. The van der Waals surface area contributed by atoms with Gasteiger partial charge in [-0.2, -0.15) is 0 Å². The van der Waals surface area contributed by atoms with Gasteiger partial charge in [0.25, 0.3) is 10.0 Å². The van der Waals surface area contributed by atoms with Crippen LogP contribution in [0.25, 0.3) is 0 Å². The lowest BCUT2D eigenvalue weighted by Crippen LogP contribution is -2.35. The highest BCUT2D eigenvalue weighted by molar-refractivity contribution is 7.90. The molecule has 0 aliphatic heterocycles. The first-order valence-corrected chi connectivity index (χ1v) is 16.7. The van der Waals surface area contributed by atoms with Gasteiger partial charge in [0, 0.05) is 16.8 Å². The second-order valence-electron chi connectivity index (χ2n) is 10.6.